The first-order valence-corrected chi connectivity index (χ1v) is 11.9. The van der Waals surface area contributed by atoms with Gasteiger partial charge in [-0.15, -0.1) is 11.3 Å². The number of methoxy groups -OCH3 is 2. The van der Waals surface area contributed by atoms with Gasteiger partial charge in [0.25, 0.3) is 10.0 Å². The van der Waals surface area contributed by atoms with E-state index in [-0.39, 0.29) is 26.7 Å². The summed E-state index contributed by atoms with van der Waals surface area (Å²) >= 11 is 0.964. The van der Waals surface area contributed by atoms with E-state index in [0.29, 0.717) is 0 Å². The normalized spacial score (nSPS) is 10.9. The minimum absolute atomic E-state index is 0.00899. The Bertz CT molecular complexity index is 1270. The minimum Gasteiger partial charge on any atom is -0.465 e. The quantitative estimate of drug-likeness (QED) is 0.466. The van der Waals surface area contributed by atoms with Crippen molar-refractivity contribution in [1.82, 2.24) is 0 Å². The van der Waals surface area contributed by atoms with Gasteiger partial charge in [0.15, 0.2) is 0 Å². The van der Waals surface area contributed by atoms with Crippen molar-refractivity contribution in [3.63, 3.8) is 0 Å². The molecule has 2 aromatic carbocycles. The number of amides is 1. The lowest BCUT2D eigenvalue weighted by atomic mass is 10.1. The van der Waals surface area contributed by atoms with Crippen LogP contribution in [0.4, 0.5) is 15.8 Å². The number of benzene rings is 2. The van der Waals surface area contributed by atoms with E-state index >= 15 is 0 Å². The van der Waals surface area contributed by atoms with Crippen molar-refractivity contribution in [2.24, 2.45) is 0 Å². The van der Waals surface area contributed by atoms with E-state index in [1.807, 2.05) is 0 Å². The van der Waals surface area contributed by atoms with E-state index in [9.17, 15) is 27.2 Å². The molecule has 0 spiro atoms. The highest BCUT2D eigenvalue weighted by molar-refractivity contribution is 7.94. The Morgan fingerprint density at radius 1 is 0.971 bits per heavy atom. The first-order chi connectivity index (χ1) is 16.1. The molecule has 1 N–H and O–H groups in total. The maximum atomic E-state index is 13.4. The lowest BCUT2D eigenvalue weighted by Gasteiger charge is -2.23. The summed E-state index contributed by atoms with van der Waals surface area (Å²) < 4.78 is 49.9. The third kappa shape index (κ3) is 5.58. The average Bonchev–Trinajstić information content (AvgIpc) is 3.38. The van der Waals surface area contributed by atoms with Crippen LogP contribution in [0.2, 0.25) is 0 Å². The van der Waals surface area contributed by atoms with Crippen molar-refractivity contribution in [2.75, 3.05) is 30.4 Å². The van der Waals surface area contributed by atoms with Crippen molar-refractivity contribution >= 4 is 50.6 Å². The average molecular weight is 507 g/mol. The number of ether oxygens (including phenoxy) is 2. The highest BCUT2D eigenvalue weighted by Gasteiger charge is 2.28. The Hall–Kier alpha value is -3.77. The zero-order valence-electron chi connectivity index (χ0n) is 18.0. The summed E-state index contributed by atoms with van der Waals surface area (Å²) in [4.78, 5) is 36.8. The molecule has 9 nitrogen and oxygen atoms in total. The monoisotopic (exact) mass is 506 g/mol. The van der Waals surface area contributed by atoms with Gasteiger partial charge in [-0.05, 0) is 53.9 Å². The number of carbonyl (C=O) groups is 3. The molecule has 1 heterocycles. The van der Waals surface area contributed by atoms with Crippen LogP contribution in [0.1, 0.15) is 20.7 Å². The number of esters is 2. The Kier molecular flexibility index (Phi) is 7.64. The molecule has 0 atom stereocenters. The molecular weight excluding hydrogens is 487 g/mol. The van der Waals surface area contributed by atoms with Gasteiger partial charge in [-0.3, -0.25) is 9.10 Å². The van der Waals surface area contributed by atoms with E-state index in [4.69, 9.17) is 0 Å². The Morgan fingerprint density at radius 3 is 2.06 bits per heavy atom. The van der Waals surface area contributed by atoms with Crippen LogP contribution in [-0.4, -0.2) is 47.0 Å². The fraction of sp³-hybridized carbons (Fsp3) is 0.136. The van der Waals surface area contributed by atoms with Gasteiger partial charge in [0, 0.05) is 5.69 Å². The number of thiophene rings is 1. The molecule has 178 valence electrons. The lowest BCUT2D eigenvalue weighted by molar-refractivity contribution is -0.114. The summed E-state index contributed by atoms with van der Waals surface area (Å²) in [6.07, 6.45) is 0. The van der Waals surface area contributed by atoms with Crippen molar-refractivity contribution in [3.8, 4) is 0 Å². The highest BCUT2D eigenvalue weighted by atomic mass is 32.2. The predicted molar refractivity (Wildman–Crippen MR) is 123 cm³/mol. The molecule has 34 heavy (non-hydrogen) atoms. The van der Waals surface area contributed by atoms with Gasteiger partial charge in [0.05, 0.1) is 31.0 Å². The fourth-order valence-corrected chi connectivity index (χ4v) is 5.47. The molecule has 3 aromatic rings. The van der Waals surface area contributed by atoms with Crippen molar-refractivity contribution in [2.45, 2.75) is 4.21 Å². The second-order valence-electron chi connectivity index (χ2n) is 6.75. The van der Waals surface area contributed by atoms with Gasteiger partial charge >= 0.3 is 11.9 Å². The van der Waals surface area contributed by atoms with Gasteiger partial charge in [-0.2, -0.15) is 0 Å². The summed E-state index contributed by atoms with van der Waals surface area (Å²) in [6, 6.07) is 11.3. The second kappa shape index (κ2) is 10.4. The Labute approximate surface area is 198 Å². The van der Waals surface area contributed by atoms with E-state index in [1.54, 1.807) is 11.4 Å². The first kappa shape index (κ1) is 24.9. The molecule has 0 saturated heterocycles. The molecular formula is C22H19FN2O7S2. The SMILES string of the molecule is COC(=O)c1cc(NC(=O)CN(c2ccc(F)cc2)S(=O)(=O)c2cccs2)cc(C(=O)OC)c1. The van der Waals surface area contributed by atoms with Crippen LogP contribution in [0.5, 0.6) is 0 Å². The van der Waals surface area contributed by atoms with Gasteiger partial charge in [0.2, 0.25) is 5.91 Å². The summed E-state index contributed by atoms with van der Waals surface area (Å²) in [5.74, 6) is -2.86. The molecule has 0 bridgehead atoms. The number of anilines is 2. The molecule has 0 unspecified atom stereocenters. The van der Waals surface area contributed by atoms with Gasteiger partial charge < -0.3 is 14.8 Å². The summed E-state index contributed by atoms with van der Waals surface area (Å²) in [5, 5.41) is 4.05. The number of halogens is 1. The molecule has 1 amide bonds. The number of hydrogen-bond acceptors (Lipinski definition) is 8. The molecule has 0 aliphatic heterocycles. The zero-order chi connectivity index (χ0) is 24.9. The van der Waals surface area contributed by atoms with Crippen LogP contribution >= 0.6 is 11.3 Å². The zero-order valence-corrected chi connectivity index (χ0v) is 19.6. The largest absolute Gasteiger partial charge is 0.465 e. The standard InChI is InChI=1S/C22H19FN2O7S2/c1-31-21(27)14-10-15(22(28)32-2)12-17(11-14)24-19(26)13-25(18-7-5-16(23)6-8-18)34(29,30)20-4-3-9-33-20/h3-12H,13H2,1-2H3,(H,24,26). The van der Waals surface area contributed by atoms with Crippen LogP contribution < -0.4 is 9.62 Å². The van der Waals surface area contributed by atoms with Crippen LogP contribution in [-0.2, 0) is 24.3 Å². The number of carbonyl (C=O) groups excluding carboxylic acids is 3. The molecule has 0 saturated carbocycles. The van der Waals surface area contributed by atoms with Crippen LogP contribution in [0.25, 0.3) is 0 Å². The summed E-state index contributed by atoms with van der Waals surface area (Å²) in [6.45, 7) is -0.665. The number of nitrogens with zero attached hydrogens (tertiary/aromatic N) is 1. The fourth-order valence-electron chi connectivity index (χ4n) is 2.94. The van der Waals surface area contributed by atoms with Crippen molar-refractivity contribution < 1.29 is 36.7 Å². The molecule has 0 fully saturated rings. The topological polar surface area (TPSA) is 119 Å². The summed E-state index contributed by atoms with van der Waals surface area (Å²) in [5.41, 5.74) is 0.0639. The van der Waals surface area contributed by atoms with Gasteiger partial charge in [-0.1, -0.05) is 6.07 Å². The van der Waals surface area contributed by atoms with Gasteiger partial charge in [0.1, 0.15) is 16.6 Å². The van der Waals surface area contributed by atoms with Crippen LogP contribution in [0.3, 0.4) is 0 Å². The third-order valence-electron chi connectivity index (χ3n) is 4.50. The molecule has 3 rings (SSSR count). The number of nitrogens with one attached hydrogen (secondary N) is 1. The van der Waals surface area contributed by atoms with E-state index < -0.39 is 40.2 Å². The molecule has 0 aliphatic rings. The minimum atomic E-state index is -4.14. The number of rotatable bonds is 8. The Balaban J connectivity index is 1.94. The molecule has 12 heteroatoms. The van der Waals surface area contributed by atoms with E-state index in [0.717, 1.165) is 42.0 Å². The van der Waals surface area contributed by atoms with Gasteiger partial charge in [-0.25, -0.2) is 22.4 Å². The maximum absolute atomic E-state index is 13.4. The lowest BCUT2D eigenvalue weighted by Crippen LogP contribution is -2.37. The van der Waals surface area contributed by atoms with E-state index in [2.05, 4.69) is 14.8 Å². The smallest absolute Gasteiger partial charge is 0.337 e. The maximum Gasteiger partial charge on any atom is 0.337 e. The van der Waals surface area contributed by atoms with Crippen LogP contribution in [0.15, 0.2) is 64.2 Å². The Morgan fingerprint density at radius 2 is 1.56 bits per heavy atom. The van der Waals surface area contributed by atoms with Crippen molar-refractivity contribution in [1.29, 1.82) is 0 Å². The first-order valence-electron chi connectivity index (χ1n) is 9.59. The molecule has 0 radical (unpaired) electrons. The predicted octanol–water partition coefficient (Wildman–Crippen LogP) is 3.29. The highest BCUT2D eigenvalue weighted by Crippen LogP contribution is 2.27. The second-order valence-corrected chi connectivity index (χ2v) is 9.79. The van der Waals surface area contributed by atoms with Crippen molar-refractivity contribution in [3.05, 3.63) is 76.9 Å². The van der Waals surface area contributed by atoms with Crippen LogP contribution in [0, 0.1) is 5.82 Å². The number of hydrogen-bond donors (Lipinski definition) is 1. The molecule has 0 aliphatic carbocycles. The summed E-state index contributed by atoms with van der Waals surface area (Å²) in [7, 11) is -1.83. The molecule has 1 aromatic heterocycles. The third-order valence-corrected chi connectivity index (χ3v) is 7.65. The van der Waals surface area contributed by atoms with E-state index in [1.165, 1.54) is 36.4 Å². The number of sulfonamides is 1.